The lowest BCUT2D eigenvalue weighted by Crippen LogP contribution is -2.37. The summed E-state index contributed by atoms with van der Waals surface area (Å²) in [6, 6.07) is 15.5. The predicted molar refractivity (Wildman–Crippen MR) is 111 cm³/mol. The fourth-order valence-corrected chi connectivity index (χ4v) is 3.34. The third-order valence-corrected chi connectivity index (χ3v) is 4.82. The van der Waals surface area contributed by atoms with Crippen LogP contribution in [0, 0.1) is 0 Å². The molecule has 1 aliphatic heterocycles. The molecule has 0 amide bonds. The van der Waals surface area contributed by atoms with Crippen molar-refractivity contribution >= 4 is 28.6 Å². The van der Waals surface area contributed by atoms with Gasteiger partial charge in [-0.3, -0.25) is 4.79 Å². The number of ketones is 1. The average Bonchev–Trinajstić information content (AvgIpc) is 2.77. The van der Waals surface area contributed by atoms with E-state index < -0.39 is 6.61 Å². The van der Waals surface area contributed by atoms with E-state index in [4.69, 9.17) is 9.72 Å². The molecule has 1 saturated heterocycles. The Morgan fingerprint density at radius 1 is 1.10 bits per heavy atom. The Balaban J connectivity index is 1.61. The Kier molecular flexibility index (Phi) is 5.99. The van der Waals surface area contributed by atoms with Crippen LogP contribution < -0.4 is 9.64 Å². The molecule has 3 aromatic rings. The molecule has 30 heavy (non-hydrogen) atoms. The number of hydrogen-bond donors (Lipinski definition) is 0. The summed E-state index contributed by atoms with van der Waals surface area (Å²) in [6.45, 7) is -0.185. The minimum atomic E-state index is -2.90. The van der Waals surface area contributed by atoms with Crippen LogP contribution in [0.2, 0.25) is 0 Å². The summed E-state index contributed by atoms with van der Waals surface area (Å²) in [6.07, 6.45) is 3.22. The zero-order valence-corrected chi connectivity index (χ0v) is 16.1. The first-order valence-corrected chi connectivity index (χ1v) is 9.60. The summed E-state index contributed by atoms with van der Waals surface area (Å²) >= 11 is 0. The van der Waals surface area contributed by atoms with Crippen molar-refractivity contribution in [2.45, 2.75) is 6.61 Å². The van der Waals surface area contributed by atoms with E-state index in [1.807, 2.05) is 30.3 Å². The van der Waals surface area contributed by atoms with Gasteiger partial charge in [-0.25, -0.2) is 4.98 Å². The highest BCUT2D eigenvalue weighted by atomic mass is 19.3. The summed E-state index contributed by atoms with van der Waals surface area (Å²) in [4.78, 5) is 19.5. The summed E-state index contributed by atoms with van der Waals surface area (Å²) in [5, 5.41) is 0.982. The summed E-state index contributed by atoms with van der Waals surface area (Å²) in [5.41, 5.74) is 2.10. The van der Waals surface area contributed by atoms with Crippen molar-refractivity contribution in [2.24, 2.45) is 0 Å². The monoisotopic (exact) mass is 410 g/mol. The van der Waals surface area contributed by atoms with E-state index in [2.05, 4.69) is 9.64 Å². The van der Waals surface area contributed by atoms with Crippen molar-refractivity contribution in [3.05, 3.63) is 71.8 Å². The normalized spacial score (nSPS) is 14.6. The zero-order chi connectivity index (χ0) is 20.9. The van der Waals surface area contributed by atoms with Crippen LogP contribution in [0.4, 0.5) is 14.6 Å². The number of alkyl halides is 2. The molecule has 0 unspecified atom stereocenters. The van der Waals surface area contributed by atoms with E-state index in [1.165, 1.54) is 30.3 Å². The van der Waals surface area contributed by atoms with Crippen LogP contribution in [0.3, 0.4) is 0 Å². The molecule has 1 fully saturated rings. The van der Waals surface area contributed by atoms with Crippen molar-refractivity contribution in [1.29, 1.82) is 0 Å². The SMILES string of the molecule is O=C(/C=C/c1cc2ccccc2nc1N1CCOCC1)c1ccc(OC(F)F)cc1. The number of carbonyl (C=O) groups is 1. The van der Waals surface area contributed by atoms with Crippen LogP contribution in [-0.4, -0.2) is 43.7 Å². The van der Waals surface area contributed by atoms with Gasteiger partial charge in [-0.2, -0.15) is 8.78 Å². The van der Waals surface area contributed by atoms with E-state index >= 15 is 0 Å². The Morgan fingerprint density at radius 2 is 1.83 bits per heavy atom. The van der Waals surface area contributed by atoms with Gasteiger partial charge in [0, 0.05) is 29.6 Å². The number of ether oxygens (including phenoxy) is 2. The molecule has 7 heteroatoms. The van der Waals surface area contributed by atoms with Gasteiger partial charge in [0.05, 0.1) is 18.7 Å². The molecular formula is C23H20F2N2O3. The number of carbonyl (C=O) groups excluding carboxylic acids is 1. The van der Waals surface area contributed by atoms with Gasteiger partial charge in [0.2, 0.25) is 0 Å². The van der Waals surface area contributed by atoms with Crippen molar-refractivity contribution in [1.82, 2.24) is 4.98 Å². The third kappa shape index (κ3) is 4.63. The highest BCUT2D eigenvalue weighted by Crippen LogP contribution is 2.26. The van der Waals surface area contributed by atoms with Crippen molar-refractivity contribution in [3.63, 3.8) is 0 Å². The number of halogens is 2. The Bertz CT molecular complexity index is 1060. The molecular weight excluding hydrogens is 390 g/mol. The highest BCUT2D eigenvalue weighted by Gasteiger charge is 2.16. The first kappa shape index (κ1) is 20.0. The third-order valence-electron chi connectivity index (χ3n) is 4.82. The zero-order valence-electron chi connectivity index (χ0n) is 16.1. The minimum absolute atomic E-state index is 0.0128. The standard InChI is InChI=1S/C23H20F2N2O3/c24-23(25)30-19-8-5-16(6-9-19)21(28)10-7-18-15-17-3-1-2-4-20(17)26-22(18)27-11-13-29-14-12-27/h1-10,15,23H,11-14H2/b10-7+. The maximum atomic E-state index is 12.6. The molecule has 154 valence electrons. The van der Waals surface area contributed by atoms with Crippen LogP contribution in [0.25, 0.3) is 17.0 Å². The second kappa shape index (κ2) is 9.00. The number of aromatic nitrogens is 1. The molecule has 0 aliphatic carbocycles. The van der Waals surface area contributed by atoms with Crippen LogP contribution in [-0.2, 0) is 4.74 Å². The topological polar surface area (TPSA) is 51.7 Å². The number of benzene rings is 2. The predicted octanol–water partition coefficient (Wildman–Crippen LogP) is 4.57. The summed E-state index contributed by atoms with van der Waals surface area (Å²) in [5.74, 6) is 0.584. The van der Waals surface area contributed by atoms with Crippen LogP contribution in [0.15, 0.2) is 60.7 Å². The summed E-state index contributed by atoms with van der Waals surface area (Å²) in [7, 11) is 0. The molecule has 0 atom stereocenters. The molecule has 2 aromatic carbocycles. The fourth-order valence-electron chi connectivity index (χ4n) is 3.34. The maximum Gasteiger partial charge on any atom is 0.387 e. The van der Waals surface area contributed by atoms with Gasteiger partial charge >= 0.3 is 6.61 Å². The molecule has 1 aliphatic rings. The number of fused-ring (bicyclic) bond motifs is 1. The lowest BCUT2D eigenvalue weighted by atomic mass is 10.1. The molecule has 0 saturated carbocycles. The fraction of sp³-hybridized carbons (Fsp3) is 0.217. The lowest BCUT2D eigenvalue weighted by molar-refractivity contribution is -0.0498. The molecule has 2 heterocycles. The Labute approximate surface area is 172 Å². The Hall–Kier alpha value is -3.32. The first-order valence-electron chi connectivity index (χ1n) is 9.60. The smallest absolute Gasteiger partial charge is 0.387 e. The average molecular weight is 410 g/mol. The number of rotatable bonds is 6. The van der Waals surface area contributed by atoms with Crippen molar-refractivity contribution < 1.29 is 23.0 Å². The van der Waals surface area contributed by atoms with Crippen molar-refractivity contribution in [3.8, 4) is 5.75 Å². The molecule has 0 N–H and O–H groups in total. The molecule has 4 rings (SSSR count). The number of pyridine rings is 1. The van der Waals surface area contributed by atoms with E-state index in [1.54, 1.807) is 6.08 Å². The number of nitrogens with zero attached hydrogens (tertiary/aromatic N) is 2. The second-order valence-electron chi connectivity index (χ2n) is 6.79. The van der Waals surface area contributed by atoms with Gasteiger partial charge in [-0.05, 0) is 48.6 Å². The lowest BCUT2D eigenvalue weighted by Gasteiger charge is -2.29. The van der Waals surface area contributed by atoms with Crippen LogP contribution in [0.1, 0.15) is 15.9 Å². The molecule has 0 spiro atoms. The van der Waals surface area contributed by atoms with E-state index in [0.717, 1.165) is 35.4 Å². The number of hydrogen-bond acceptors (Lipinski definition) is 5. The van der Waals surface area contributed by atoms with Crippen LogP contribution >= 0.6 is 0 Å². The minimum Gasteiger partial charge on any atom is -0.435 e. The highest BCUT2D eigenvalue weighted by molar-refractivity contribution is 6.07. The maximum absolute atomic E-state index is 12.6. The molecule has 1 aromatic heterocycles. The van der Waals surface area contributed by atoms with Gasteiger partial charge in [0.15, 0.2) is 5.78 Å². The molecule has 0 radical (unpaired) electrons. The van der Waals surface area contributed by atoms with E-state index in [0.29, 0.717) is 18.8 Å². The van der Waals surface area contributed by atoms with Crippen LogP contribution in [0.5, 0.6) is 5.75 Å². The number of morpholine rings is 1. The van der Waals surface area contributed by atoms with Gasteiger partial charge < -0.3 is 14.4 Å². The van der Waals surface area contributed by atoms with Gasteiger partial charge in [-0.1, -0.05) is 18.2 Å². The Morgan fingerprint density at radius 3 is 2.57 bits per heavy atom. The first-order chi connectivity index (χ1) is 14.6. The van der Waals surface area contributed by atoms with E-state index in [-0.39, 0.29) is 11.5 Å². The largest absolute Gasteiger partial charge is 0.435 e. The van der Waals surface area contributed by atoms with E-state index in [9.17, 15) is 13.6 Å². The number of anilines is 1. The van der Waals surface area contributed by atoms with Gasteiger partial charge in [-0.15, -0.1) is 0 Å². The van der Waals surface area contributed by atoms with Gasteiger partial charge in [0.1, 0.15) is 11.6 Å². The summed E-state index contributed by atoms with van der Waals surface area (Å²) < 4.78 is 34.3. The number of allylic oxidation sites excluding steroid dienone is 1. The van der Waals surface area contributed by atoms with Gasteiger partial charge in [0.25, 0.3) is 0 Å². The van der Waals surface area contributed by atoms with Crippen molar-refractivity contribution in [2.75, 3.05) is 31.2 Å². The number of para-hydroxylation sites is 1. The quantitative estimate of drug-likeness (QED) is 0.440. The second-order valence-corrected chi connectivity index (χ2v) is 6.79. The molecule has 0 bridgehead atoms. The molecule has 5 nitrogen and oxygen atoms in total.